The highest BCUT2D eigenvalue weighted by Gasteiger charge is 2.35. The Kier molecular flexibility index (Phi) is 14.3. The lowest BCUT2D eigenvalue weighted by molar-refractivity contribution is -0.158. The van der Waals surface area contributed by atoms with Crippen LogP contribution in [0.1, 0.15) is 125 Å². The van der Waals surface area contributed by atoms with Gasteiger partial charge in [-0.15, -0.1) is 0 Å². The van der Waals surface area contributed by atoms with E-state index in [1.54, 1.807) is 43.3 Å². The molecule has 0 spiro atoms. The van der Waals surface area contributed by atoms with Crippen LogP contribution >= 0.6 is 22.6 Å². The van der Waals surface area contributed by atoms with Crippen LogP contribution in [0.25, 0.3) is 0 Å². The number of carbonyl (C=O) groups is 4. The summed E-state index contributed by atoms with van der Waals surface area (Å²) in [5, 5.41) is 2.92. The van der Waals surface area contributed by atoms with Crippen LogP contribution in [-0.4, -0.2) is 45.3 Å². The zero-order valence-electron chi connectivity index (χ0n) is 29.2. The lowest BCUT2D eigenvalue weighted by atomic mass is 9.86. The first-order chi connectivity index (χ1) is 21.2. The summed E-state index contributed by atoms with van der Waals surface area (Å²) in [5.41, 5.74) is 1.93. The molecule has 0 aliphatic rings. The van der Waals surface area contributed by atoms with Crippen molar-refractivity contribution in [1.82, 2.24) is 9.62 Å². The highest BCUT2D eigenvalue weighted by Crippen LogP contribution is 2.40. The number of carbonyl (C=O) groups excluding carboxylic acids is 4. The van der Waals surface area contributed by atoms with Crippen LogP contribution in [0.4, 0.5) is 0 Å². The molecule has 0 aromatic heterocycles. The second-order valence-corrected chi connectivity index (χ2v) is 15.5. The minimum atomic E-state index is -0.867. The molecular formula is C36H52N2O6S2. The van der Waals surface area contributed by atoms with Gasteiger partial charge < -0.3 is 14.8 Å². The molecule has 2 rings (SSSR count). The number of esters is 2. The molecule has 0 fully saturated rings. The summed E-state index contributed by atoms with van der Waals surface area (Å²) in [5.74, 6) is -1.78. The Hall–Kier alpha value is -2.98. The molecule has 0 aliphatic heterocycles. The zero-order valence-corrected chi connectivity index (χ0v) is 30.9. The van der Waals surface area contributed by atoms with E-state index in [9.17, 15) is 19.2 Å². The van der Waals surface area contributed by atoms with Crippen molar-refractivity contribution >= 4 is 46.4 Å². The van der Waals surface area contributed by atoms with E-state index in [2.05, 4.69) is 17.0 Å². The van der Waals surface area contributed by atoms with Gasteiger partial charge in [-0.3, -0.25) is 18.7 Å². The summed E-state index contributed by atoms with van der Waals surface area (Å²) in [6, 6.07) is 11.2. The molecule has 0 saturated heterocycles. The molecule has 1 N–H and O–H groups in total. The summed E-state index contributed by atoms with van der Waals surface area (Å²) in [6.45, 7) is 20.6. The molecule has 0 heterocycles. The molecule has 3 atom stereocenters. The van der Waals surface area contributed by atoms with Gasteiger partial charge in [-0.25, -0.2) is 4.79 Å². The first-order valence-corrected chi connectivity index (χ1v) is 17.6. The summed E-state index contributed by atoms with van der Waals surface area (Å²) in [7, 11) is 0.969. The average Bonchev–Trinajstić information content (AvgIpc) is 2.92. The molecule has 2 aromatic rings. The third-order valence-corrected chi connectivity index (χ3v) is 8.17. The molecule has 3 unspecified atom stereocenters. The Bertz CT molecular complexity index is 1360. The highest BCUT2D eigenvalue weighted by molar-refractivity contribution is 8.67. The van der Waals surface area contributed by atoms with Gasteiger partial charge in [0.2, 0.25) is 0 Å². The Morgan fingerprint density at radius 2 is 1.43 bits per heavy atom. The lowest BCUT2D eigenvalue weighted by Gasteiger charge is -2.35. The molecule has 2 amide bonds. The maximum absolute atomic E-state index is 14.1. The van der Waals surface area contributed by atoms with Crippen LogP contribution in [0.15, 0.2) is 42.5 Å². The number of nitrogens with zero attached hydrogens (tertiary/aromatic N) is 1. The van der Waals surface area contributed by atoms with Crippen molar-refractivity contribution in [1.29, 1.82) is 0 Å². The van der Waals surface area contributed by atoms with E-state index < -0.39 is 35.2 Å². The standard InChI is InChI=1S/C36H52N2O6S2/c1-22(2)20-29(34(42)44-36(9,10)11)37-32(40)27-18-14-24(4)21-28(27)31(25(5)15-19-30(39)43-35(6,7)8)38(46-45)33(41)26-16-12-23(3)13-17-26/h12-14,16-18,21-22,25,29,31,45H,15,19-20H2,1-11H3,(H,37,40). The third-order valence-electron chi connectivity index (χ3n) is 7.08. The van der Waals surface area contributed by atoms with Gasteiger partial charge in [-0.2, -0.15) is 0 Å². The van der Waals surface area contributed by atoms with Crippen LogP contribution in [0.3, 0.4) is 0 Å². The largest absolute Gasteiger partial charge is 0.460 e. The quantitative estimate of drug-likeness (QED) is 0.0957. The molecule has 0 radical (unpaired) electrons. The highest BCUT2D eigenvalue weighted by atomic mass is 33.1. The number of amides is 2. The summed E-state index contributed by atoms with van der Waals surface area (Å²) in [6.07, 6.45) is 0.901. The Balaban J connectivity index is 2.62. The molecule has 8 nitrogen and oxygen atoms in total. The number of benzene rings is 2. The topological polar surface area (TPSA) is 102 Å². The van der Waals surface area contributed by atoms with Gasteiger partial charge in [0.25, 0.3) is 11.8 Å². The maximum atomic E-state index is 14.1. The van der Waals surface area contributed by atoms with E-state index >= 15 is 0 Å². The molecule has 10 heteroatoms. The molecule has 0 aliphatic carbocycles. The molecule has 2 aromatic carbocycles. The molecular weight excluding hydrogens is 621 g/mol. The van der Waals surface area contributed by atoms with Gasteiger partial charge in [-0.05, 0) is 104 Å². The summed E-state index contributed by atoms with van der Waals surface area (Å²) in [4.78, 5) is 54.0. The van der Waals surface area contributed by atoms with Crippen molar-refractivity contribution in [2.24, 2.45) is 11.8 Å². The predicted molar refractivity (Wildman–Crippen MR) is 189 cm³/mol. The van der Waals surface area contributed by atoms with Gasteiger partial charge in [0.05, 0.1) is 6.04 Å². The fourth-order valence-electron chi connectivity index (χ4n) is 5.03. The predicted octanol–water partition coefficient (Wildman–Crippen LogP) is 8.22. The van der Waals surface area contributed by atoms with Crippen LogP contribution in [-0.2, 0) is 19.1 Å². The lowest BCUT2D eigenvalue weighted by Crippen LogP contribution is -2.45. The van der Waals surface area contributed by atoms with Crippen molar-refractivity contribution in [2.45, 2.75) is 119 Å². The Morgan fingerprint density at radius 3 is 1.96 bits per heavy atom. The van der Waals surface area contributed by atoms with Crippen LogP contribution in [0.2, 0.25) is 0 Å². The van der Waals surface area contributed by atoms with Crippen molar-refractivity contribution in [2.75, 3.05) is 0 Å². The summed E-state index contributed by atoms with van der Waals surface area (Å²) < 4.78 is 12.8. The SMILES string of the molecule is Cc1ccc(C(=O)N(SS)C(c2cc(C)ccc2C(=O)NC(CC(C)C)C(=O)OC(C)(C)C)C(C)CCC(=O)OC(C)(C)C)cc1. The number of hydrogen-bond acceptors (Lipinski definition) is 8. The van der Waals surface area contributed by atoms with Gasteiger partial charge in [0.1, 0.15) is 17.2 Å². The van der Waals surface area contributed by atoms with E-state index in [4.69, 9.17) is 9.47 Å². The normalized spacial score (nSPS) is 13.8. The number of hydrogen-bond donors (Lipinski definition) is 2. The third kappa shape index (κ3) is 12.3. The number of ether oxygens (including phenoxy) is 2. The van der Waals surface area contributed by atoms with E-state index in [0.29, 0.717) is 29.5 Å². The van der Waals surface area contributed by atoms with Crippen LogP contribution < -0.4 is 5.32 Å². The monoisotopic (exact) mass is 672 g/mol. The van der Waals surface area contributed by atoms with Gasteiger partial charge in [0.15, 0.2) is 0 Å². The second kappa shape index (κ2) is 16.7. The van der Waals surface area contributed by atoms with Crippen molar-refractivity contribution in [3.05, 3.63) is 70.3 Å². The van der Waals surface area contributed by atoms with Crippen molar-refractivity contribution in [3.63, 3.8) is 0 Å². The Labute approximate surface area is 284 Å². The molecule has 0 saturated carbocycles. The average molecular weight is 673 g/mol. The first-order valence-electron chi connectivity index (χ1n) is 15.8. The molecule has 254 valence electrons. The first kappa shape index (κ1) is 39.2. The number of nitrogens with one attached hydrogen (secondary N) is 1. The van der Waals surface area contributed by atoms with E-state index in [1.807, 2.05) is 79.7 Å². The van der Waals surface area contributed by atoms with Crippen molar-refractivity contribution in [3.8, 4) is 0 Å². The van der Waals surface area contributed by atoms with Gasteiger partial charge in [-0.1, -0.05) is 67.8 Å². The zero-order chi connectivity index (χ0) is 35.0. The van der Waals surface area contributed by atoms with Crippen LogP contribution in [0, 0.1) is 25.7 Å². The Morgan fingerprint density at radius 1 is 0.870 bits per heavy atom. The van der Waals surface area contributed by atoms with E-state index in [-0.39, 0.29) is 30.1 Å². The molecule has 0 bridgehead atoms. The fourth-order valence-corrected chi connectivity index (χ4v) is 6.16. The van der Waals surface area contributed by atoms with Crippen LogP contribution in [0.5, 0.6) is 0 Å². The minimum absolute atomic E-state index is 0.110. The summed E-state index contributed by atoms with van der Waals surface area (Å²) >= 11 is 4.51. The van der Waals surface area contributed by atoms with E-state index in [0.717, 1.165) is 22.1 Å². The second-order valence-electron chi connectivity index (χ2n) is 14.4. The minimum Gasteiger partial charge on any atom is -0.460 e. The molecule has 46 heavy (non-hydrogen) atoms. The number of rotatable bonds is 13. The van der Waals surface area contributed by atoms with Gasteiger partial charge >= 0.3 is 11.9 Å². The number of thiol groups is 1. The smallest absolute Gasteiger partial charge is 0.329 e. The number of aryl methyl sites for hydroxylation is 2. The maximum Gasteiger partial charge on any atom is 0.329 e. The van der Waals surface area contributed by atoms with Gasteiger partial charge in [0, 0.05) is 28.5 Å². The fraction of sp³-hybridized carbons (Fsp3) is 0.556. The van der Waals surface area contributed by atoms with Crippen molar-refractivity contribution < 1.29 is 28.7 Å². The van der Waals surface area contributed by atoms with E-state index in [1.165, 1.54) is 0 Å².